The summed E-state index contributed by atoms with van der Waals surface area (Å²) >= 11 is 5.04. The first kappa shape index (κ1) is 15.4. The fraction of sp³-hybridized carbons (Fsp3) is 0.294. The average molecular weight is 300 g/mol. The van der Waals surface area contributed by atoms with E-state index in [0.717, 1.165) is 10.9 Å². The third-order valence-electron chi connectivity index (χ3n) is 3.84. The highest BCUT2D eigenvalue weighted by molar-refractivity contribution is 7.80. The lowest BCUT2D eigenvalue weighted by atomic mass is 9.98. The monoisotopic (exact) mass is 300 g/mol. The Bertz CT molecular complexity index is 683. The van der Waals surface area contributed by atoms with Crippen LogP contribution in [0.3, 0.4) is 0 Å². The van der Waals surface area contributed by atoms with Crippen LogP contribution in [-0.2, 0) is 11.2 Å². The molecule has 0 saturated carbocycles. The molecular formula is C17H20N2OS. The second kappa shape index (κ2) is 6.22. The Hall–Kier alpha value is -1.94. The minimum atomic E-state index is -0.622. The molecule has 0 heterocycles. The van der Waals surface area contributed by atoms with Gasteiger partial charge in [0, 0.05) is 0 Å². The van der Waals surface area contributed by atoms with Crippen molar-refractivity contribution >= 4 is 33.9 Å². The van der Waals surface area contributed by atoms with E-state index in [9.17, 15) is 4.79 Å². The standard InChI is InChI=1S/C17H20N2OS/c1-3-17(2,16(18)21)19-15(20)11-12-8-9-13-6-4-5-7-14(13)10-12/h4-10H,3,11H2,1-2H3,(H2,18,21)(H,19,20). The number of carbonyl (C=O) groups is 1. The van der Waals surface area contributed by atoms with E-state index in [2.05, 4.69) is 11.4 Å². The van der Waals surface area contributed by atoms with Gasteiger partial charge in [0.2, 0.25) is 5.91 Å². The van der Waals surface area contributed by atoms with Crippen LogP contribution in [0.15, 0.2) is 42.5 Å². The molecule has 2 rings (SSSR count). The van der Waals surface area contributed by atoms with E-state index in [1.165, 1.54) is 5.39 Å². The van der Waals surface area contributed by atoms with Crippen LogP contribution in [0.5, 0.6) is 0 Å². The summed E-state index contributed by atoms with van der Waals surface area (Å²) < 4.78 is 0. The first-order valence-corrected chi connectivity index (χ1v) is 7.44. The molecule has 0 spiro atoms. The van der Waals surface area contributed by atoms with E-state index in [4.69, 9.17) is 18.0 Å². The fourth-order valence-corrected chi connectivity index (χ4v) is 2.41. The summed E-state index contributed by atoms with van der Waals surface area (Å²) in [7, 11) is 0. The molecule has 0 aromatic heterocycles. The molecule has 2 aromatic carbocycles. The van der Waals surface area contributed by atoms with Crippen LogP contribution in [0.2, 0.25) is 0 Å². The summed E-state index contributed by atoms with van der Waals surface area (Å²) in [5, 5.41) is 5.24. The Labute approximate surface area is 130 Å². The van der Waals surface area contributed by atoms with Crippen LogP contribution in [0.4, 0.5) is 0 Å². The number of amides is 1. The molecule has 0 aliphatic heterocycles. The van der Waals surface area contributed by atoms with Crippen molar-refractivity contribution in [3.63, 3.8) is 0 Å². The quantitative estimate of drug-likeness (QED) is 0.835. The molecule has 0 radical (unpaired) electrons. The smallest absolute Gasteiger partial charge is 0.225 e. The van der Waals surface area contributed by atoms with Crippen molar-refractivity contribution in [2.75, 3.05) is 0 Å². The molecule has 1 amide bonds. The van der Waals surface area contributed by atoms with Gasteiger partial charge in [0.25, 0.3) is 0 Å². The molecule has 2 aromatic rings. The van der Waals surface area contributed by atoms with Crippen molar-refractivity contribution in [1.29, 1.82) is 0 Å². The van der Waals surface area contributed by atoms with Crippen LogP contribution >= 0.6 is 12.2 Å². The lowest BCUT2D eigenvalue weighted by Gasteiger charge is -2.28. The third kappa shape index (κ3) is 3.58. The number of hydrogen-bond donors (Lipinski definition) is 2. The predicted molar refractivity (Wildman–Crippen MR) is 91.3 cm³/mol. The third-order valence-corrected chi connectivity index (χ3v) is 4.30. The number of thiocarbonyl (C=S) groups is 1. The van der Waals surface area contributed by atoms with E-state index in [1.54, 1.807) is 0 Å². The zero-order chi connectivity index (χ0) is 15.5. The maximum Gasteiger partial charge on any atom is 0.225 e. The van der Waals surface area contributed by atoms with Crippen molar-refractivity contribution in [2.45, 2.75) is 32.2 Å². The predicted octanol–water partition coefficient (Wildman–Crippen LogP) is 2.95. The van der Waals surface area contributed by atoms with Gasteiger partial charge in [-0.2, -0.15) is 0 Å². The highest BCUT2D eigenvalue weighted by Crippen LogP contribution is 2.16. The Morgan fingerprint density at radius 3 is 2.52 bits per heavy atom. The summed E-state index contributed by atoms with van der Waals surface area (Å²) in [5.74, 6) is -0.0672. The van der Waals surface area contributed by atoms with Crippen molar-refractivity contribution in [3.8, 4) is 0 Å². The number of nitrogens with two attached hydrogens (primary N) is 1. The average Bonchev–Trinajstić information content (AvgIpc) is 2.46. The molecule has 0 fully saturated rings. The Kier molecular flexibility index (Phi) is 4.58. The lowest BCUT2D eigenvalue weighted by Crippen LogP contribution is -2.54. The molecule has 3 nitrogen and oxygen atoms in total. The minimum Gasteiger partial charge on any atom is -0.391 e. The molecule has 0 aliphatic carbocycles. The normalized spacial score (nSPS) is 13.6. The number of rotatable bonds is 5. The zero-order valence-corrected chi connectivity index (χ0v) is 13.2. The Morgan fingerprint density at radius 1 is 1.24 bits per heavy atom. The van der Waals surface area contributed by atoms with E-state index < -0.39 is 5.54 Å². The molecule has 110 valence electrons. The van der Waals surface area contributed by atoms with Gasteiger partial charge >= 0.3 is 0 Å². The van der Waals surface area contributed by atoms with Gasteiger partial charge in [0.1, 0.15) is 0 Å². The Morgan fingerprint density at radius 2 is 1.90 bits per heavy atom. The van der Waals surface area contributed by atoms with Crippen LogP contribution in [-0.4, -0.2) is 16.4 Å². The van der Waals surface area contributed by atoms with Crippen LogP contribution in [0.25, 0.3) is 10.8 Å². The Balaban J connectivity index is 2.12. The van der Waals surface area contributed by atoms with Crippen LogP contribution < -0.4 is 11.1 Å². The lowest BCUT2D eigenvalue weighted by molar-refractivity contribution is -0.121. The number of carbonyl (C=O) groups excluding carboxylic acids is 1. The van der Waals surface area contributed by atoms with E-state index in [0.29, 0.717) is 17.8 Å². The first-order chi connectivity index (χ1) is 9.94. The van der Waals surface area contributed by atoms with Gasteiger partial charge in [0.05, 0.1) is 16.9 Å². The van der Waals surface area contributed by atoms with Crippen molar-refractivity contribution in [1.82, 2.24) is 5.32 Å². The van der Waals surface area contributed by atoms with Crippen molar-refractivity contribution in [2.24, 2.45) is 5.73 Å². The summed E-state index contributed by atoms with van der Waals surface area (Å²) in [4.78, 5) is 12.5. The molecule has 0 bridgehead atoms. The van der Waals surface area contributed by atoms with Gasteiger partial charge in [-0.1, -0.05) is 61.6 Å². The fourth-order valence-electron chi connectivity index (χ4n) is 2.21. The maximum absolute atomic E-state index is 12.2. The number of benzene rings is 2. The summed E-state index contributed by atoms with van der Waals surface area (Å²) in [6, 6.07) is 14.1. The second-order valence-electron chi connectivity index (χ2n) is 5.46. The number of hydrogen-bond acceptors (Lipinski definition) is 2. The molecule has 21 heavy (non-hydrogen) atoms. The summed E-state index contributed by atoms with van der Waals surface area (Å²) in [6.07, 6.45) is 0.995. The molecular weight excluding hydrogens is 280 g/mol. The molecule has 0 saturated heterocycles. The van der Waals surface area contributed by atoms with Gasteiger partial charge in [-0.3, -0.25) is 4.79 Å². The largest absolute Gasteiger partial charge is 0.391 e. The molecule has 0 aliphatic rings. The van der Waals surface area contributed by atoms with Crippen molar-refractivity contribution in [3.05, 3.63) is 48.0 Å². The van der Waals surface area contributed by atoms with E-state index in [-0.39, 0.29) is 5.91 Å². The van der Waals surface area contributed by atoms with Crippen molar-refractivity contribution < 1.29 is 4.79 Å². The van der Waals surface area contributed by atoms with Gasteiger partial charge in [-0.25, -0.2) is 0 Å². The number of fused-ring (bicyclic) bond motifs is 1. The van der Waals surface area contributed by atoms with Gasteiger partial charge in [0.15, 0.2) is 0 Å². The van der Waals surface area contributed by atoms with Crippen LogP contribution in [0, 0.1) is 0 Å². The molecule has 4 heteroatoms. The van der Waals surface area contributed by atoms with Gasteiger partial charge in [-0.15, -0.1) is 0 Å². The molecule has 1 unspecified atom stereocenters. The van der Waals surface area contributed by atoms with E-state index in [1.807, 2.05) is 50.2 Å². The topological polar surface area (TPSA) is 55.1 Å². The van der Waals surface area contributed by atoms with Gasteiger partial charge in [-0.05, 0) is 29.7 Å². The number of nitrogens with one attached hydrogen (secondary N) is 1. The second-order valence-corrected chi connectivity index (χ2v) is 5.90. The molecule has 1 atom stereocenters. The van der Waals surface area contributed by atoms with Gasteiger partial charge < -0.3 is 11.1 Å². The maximum atomic E-state index is 12.2. The first-order valence-electron chi connectivity index (χ1n) is 7.03. The minimum absolute atomic E-state index is 0.0672. The highest BCUT2D eigenvalue weighted by atomic mass is 32.1. The van der Waals surface area contributed by atoms with E-state index >= 15 is 0 Å². The zero-order valence-electron chi connectivity index (χ0n) is 12.3. The summed E-state index contributed by atoms with van der Waals surface area (Å²) in [6.45, 7) is 3.81. The highest BCUT2D eigenvalue weighted by Gasteiger charge is 2.27. The van der Waals surface area contributed by atoms with Crippen LogP contribution in [0.1, 0.15) is 25.8 Å². The molecule has 3 N–H and O–H groups in total. The summed E-state index contributed by atoms with van der Waals surface area (Å²) in [5.41, 5.74) is 6.07. The SMILES string of the molecule is CCC(C)(NC(=O)Cc1ccc2ccccc2c1)C(N)=S.